The van der Waals surface area contributed by atoms with E-state index in [1.54, 1.807) is 0 Å². The van der Waals surface area contributed by atoms with E-state index in [1.165, 1.54) is 43.4 Å². The highest BCUT2D eigenvalue weighted by Gasteiger charge is 2.12. The van der Waals surface area contributed by atoms with Gasteiger partial charge in [-0.2, -0.15) is 0 Å². The minimum Gasteiger partial charge on any atom is -0.0616 e. The van der Waals surface area contributed by atoms with E-state index in [2.05, 4.69) is 94.8 Å². The fourth-order valence-electron chi connectivity index (χ4n) is 3.65. The van der Waals surface area contributed by atoms with Gasteiger partial charge >= 0.3 is 0 Å². The molecule has 0 atom stereocenters. The van der Waals surface area contributed by atoms with Gasteiger partial charge in [-0.1, -0.05) is 88.7 Å². The van der Waals surface area contributed by atoms with Gasteiger partial charge in [-0.3, -0.25) is 0 Å². The summed E-state index contributed by atoms with van der Waals surface area (Å²) < 4.78 is 1.13. The first-order valence-corrected chi connectivity index (χ1v) is 8.54. The van der Waals surface area contributed by atoms with Crippen LogP contribution >= 0.6 is 15.9 Å². The lowest BCUT2D eigenvalue weighted by atomic mass is 9.90. The van der Waals surface area contributed by atoms with Gasteiger partial charge in [-0.15, -0.1) is 0 Å². The van der Waals surface area contributed by atoms with E-state index in [9.17, 15) is 0 Å². The first-order chi connectivity index (χ1) is 11.3. The van der Waals surface area contributed by atoms with Crippen molar-refractivity contribution in [1.29, 1.82) is 0 Å². The number of halogens is 1. The molecule has 0 aliphatic carbocycles. The summed E-state index contributed by atoms with van der Waals surface area (Å²) in [4.78, 5) is 0. The molecule has 0 aliphatic rings. The van der Waals surface area contributed by atoms with E-state index < -0.39 is 0 Å². The third-order valence-electron chi connectivity index (χ3n) is 4.69. The van der Waals surface area contributed by atoms with Crippen LogP contribution in [0.15, 0.2) is 83.3 Å². The second-order valence-electron chi connectivity index (χ2n) is 5.95. The number of rotatable bonds is 1. The van der Waals surface area contributed by atoms with Crippen molar-refractivity contribution in [2.75, 3.05) is 0 Å². The van der Waals surface area contributed by atoms with E-state index in [0.717, 1.165) is 4.47 Å². The van der Waals surface area contributed by atoms with Crippen LogP contribution < -0.4 is 0 Å². The van der Waals surface area contributed by atoms with Gasteiger partial charge in [0, 0.05) is 4.47 Å². The summed E-state index contributed by atoms with van der Waals surface area (Å²) >= 11 is 3.70. The molecule has 0 fully saturated rings. The largest absolute Gasteiger partial charge is 0.0616 e. The lowest BCUT2D eigenvalue weighted by Crippen LogP contribution is -1.87. The molecule has 0 radical (unpaired) electrons. The van der Waals surface area contributed by atoms with Crippen molar-refractivity contribution in [2.45, 2.75) is 0 Å². The Balaban J connectivity index is 2.01. The van der Waals surface area contributed by atoms with Gasteiger partial charge < -0.3 is 0 Å². The molecule has 0 unspecified atom stereocenters. The van der Waals surface area contributed by atoms with Crippen LogP contribution in [-0.4, -0.2) is 0 Å². The molecular weight excluding hydrogens is 344 g/mol. The van der Waals surface area contributed by atoms with Gasteiger partial charge in [-0.25, -0.2) is 0 Å². The Labute approximate surface area is 142 Å². The molecule has 0 saturated heterocycles. The molecule has 0 N–H and O–H groups in total. The van der Waals surface area contributed by atoms with Gasteiger partial charge in [0.2, 0.25) is 0 Å². The third-order valence-corrected chi connectivity index (χ3v) is 5.38. The quantitative estimate of drug-likeness (QED) is 0.283. The standard InChI is InChI=1S/C22H13Br/c23-20-7-2-1-6-18(20)17-12-10-16-9-8-14-4-3-5-15-11-13-19(17)22(16)21(14)15/h1-13H. The fourth-order valence-corrected chi connectivity index (χ4v) is 4.15. The first kappa shape index (κ1) is 13.1. The Kier molecular flexibility index (Phi) is 2.74. The van der Waals surface area contributed by atoms with Crippen LogP contribution in [0.25, 0.3) is 43.4 Å². The van der Waals surface area contributed by atoms with E-state index >= 15 is 0 Å². The fraction of sp³-hybridized carbons (Fsp3) is 0. The van der Waals surface area contributed by atoms with Crippen LogP contribution in [0.5, 0.6) is 0 Å². The third kappa shape index (κ3) is 1.83. The Morgan fingerprint density at radius 2 is 1.13 bits per heavy atom. The highest BCUT2D eigenvalue weighted by molar-refractivity contribution is 9.10. The number of hydrogen-bond donors (Lipinski definition) is 0. The molecule has 108 valence electrons. The maximum absolute atomic E-state index is 3.70. The van der Waals surface area contributed by atoms with Gasteiger partial charge in [0.05, 0.1) is 0 Å². The Morgan fingerprint density at radius 1 is 0.478 bits per heavy atom. The molecule has 0 spiro atoms. The van der Waals surface area contributed by atoms with Crippen LogP contribution in [0.1, 0.15) is 0 Å². The second-order valence-corrected chi connectivity index (χ2v) is 6.80. The summed E-state index contributed by atoms with van der Waals surface area (Å²) in [6.45, 7) is 0. The molecule has 23 heavy (non-hydrogen) atoms. The first-order valence-electron chi connectivity index (χ1n) is 7.74. The normalized spacial score (nSPS) is 11.7. The van der Waals surface area contributed by atoms with Crippen molar-refractivity contribution >= 4 is 48.2 Å². The molecule has 0 amide bonds. The van der Waals surface area contributed by atoms with Gasteiger partial charge in [0.25, 0.3) is 0 Å². The minimum atomic E-state index is 1.13. The average molecular weight is 357 g/mol. The van der Waals surface area contributed by atoms with E-state index in [0.29, 0.717) is 0 Å². The molecular formula is C22H13Br. The maximum Gasteiger partial charge on any atom is 0.0253 e. The summed E-state index contributed by atoms with van der Waals surface area (Å²) in [6, 6.07) is 28.4. The molecule has 5 aromatic carbocycles. The lowest BCUT2D eigenvalue weighted by molar-refractivity contribution is 1.62. The average Bonchev–Trinajstić information content (AvgIpc) is 2.60. The van der Waals surface area contributed by atoms with Crippen LogP contribution in [0.3, 0.4) is 0 Å². The number of hydrogen-bond acceptors (Lipinski definition) is 0. The number of benzene rings is 5. The van der Waals surface area contributed by atoms with Crippen molar-refractivity contribution in [1.82, 2.24) is 0 Å². The molecule has 5 rings (SSSR count). The molecule has 1 heteroatoms. The zero-order chi connectivity index (χ0) is 15.4. The van der Waals surface area contributed by atoms with Crippen LogP contribution in [0.2, 0.25) is 0 Å². The van der Waals surface area contributed by atoms with Crippen molar-refractivity contribution in [3.05, 3.63) is 83.3 Å². The van der Waals surface area contributed by atoms with Crippen molar-refractivity contribution in [3.8, 4) is 11.1 Å². The molecule has 0 nitrogen and oxygen atoms in total. The Hall–Kier alpha value is -2.38. The summed E-state index contributed by atoms with van der Waals surface area (Å²) in [5, 5.41) is 7.99. The lowest BCUT2D eigenvalue weighted by Gasteiger charge is -2.14. The minimum absolute atomic E-state index is 1.13. The van der Waals surface area contributed by atoms with Crippen LogP contribution in [-0.2, 0) is 0 Å². The topological polar surface area (TPSA) is 0 Å². The van der Waals surface area contributed by atoms with Crippen LogP contribution in [0.4, 0.5) is 0 Å². The molecule has 0 bridgehead atoms. The smallest absolute Gasteiger partial charge is 0.0253 e. The predicted octanol–water partition coefficient (Wildman–Crippen LogP) is 7.01. The van der Waals surface area contributed by atoms with Crippen molar-refractivity contribution in [3.63, 3.8) is 0 Å². The Morgan fingerprint density at radius 3 is 1.91 bits per heavy atom. The predicted molar refractivity (Wildman–Crippen MR) is 103 cm³/mol. The van der Waals surface area contributed by atoms with Gasteiger partial charge in [-0.05, 0) is 49.5 Å². The van der Waals surface area contributed by atoms with E-state index in [-0.39, 0.29) is 0 Å². The maximum atomic E-state index is 3.70. The zero-order valence-corrected chi connectivity index (χ0v) is 14.0. The van der Waals surface area contributed by atoms with Crippen molar-refractivity contribution in [2.24, 2.45) is 0 Å². The summed E-state index contributed by atoms with van der Waals surface area (Å²) in [5.74, 6) is 0. The second kappa shape index (κ2) is 4.81. The van der Waals surface area contributed by atoms with Gasteiger partial charge in [0.15, 0.2) is 0 Å². The summed E-state index contributed by atoms with van der Waals surface area (Å²) in [7, 11) is 0. The van der Waals surface area contributed by atoms with Crippen LogP contribution in [0, 0.1) is 0 Å². The van der Waals surface area contributed by atoms with E-state index in [1.807, 2.05) is 0 Å². The highest BCUT2D eigenvalue weighted by atomic mass is 79.9. The molecule has 0 aromatic heterocycles. The summed E-state index contributed by atoms with van der Waals surface area (Å²) in [5.41, 5.74) is 2.52. The molecule has 0 saturated carbocycles. The highest BCUT2D eigenvalue weighted by Crippen LogP contribution is 2.40. The SMILES string of the molecule is Brc1ccccc1-c1ccc2ccc3cccc4ccc1c2c34. The van der Waals surface area contributed by atoms with Crippen molar-refractivity contribution < 1.29 is 0 Å². The Bertz CT molecular complexity index is 1150. The van der Waals surface area contributed by atoms with E-state index in [4.69, 9.17) is 0 Å². The monoisotopic (exact) mass is 356 g/mol. The molecule has 0 aliphatic heterocycles. The van der Waals surface area contributed by atoms with Gasteiger partial charge in [0.1, 0.15) is 0 Å². The zero-order valence-electron chi connectivity index (χ0n) is 12.4. The molecule has 0 heterocycles. The summed E-state index contributed by atoms with van der Waals surface area (Å²) in [6.07, 6.45) is 0. The molecule has 5 aromatic rings.